The van der Waals surface area contributed by atoms with Crippen LogP contribution in [0.25, 0.3) is 0 Å². The number of hydrogen-bond acceptors (Lipinski definition) is 6. The second-order valence-electron chi connectivity index (χ2n) is 6.51. The zero-order valence-electron chi connectivity index (χ0n) is 14.6. The number of piperidine rings is 1. The minimum absolute atomic E-state index is 0.398. The molecule has 1 saturated heterocycles. The van der Waals surface area contributed by atoms with Crippen molar-refractivity contribution >= 4 is 11.3 Å². The molecule has 0 N–H and O–H groups in total. The highest BCUT2D eigenvalue weighted by molar-refractivity contribution is 7.09. The lowest BCUT2D eigenvalue weighted by Gasteiger charge is -2.34. The van der Waals surface area contributed by atoms with Gasteiger partial charge in [0.25, 0.3) is 0 Å². The van der Waals surface area contributed by atoms with Crippen LogP contribution in [0.4, 0.5) is 0 Å². The van der Waals surface area contributed by atoms with Crippen molar-refractivity contribution < 1.29 is 14.2 Å². The molecule has 0 spiro atoms. The summed E-state index contributed by atoms with van der Waals surface area (Å²) >= 11 is 1.75. The van der Waals surface area contributed by atoms with E-state index in [0.29, 0.717) is 19.3 Å². The molecule has 5 nitrogen and oxygen atoms in total. The van der Waals surface area contributed by atoms with Crippen LogP contribution >= 0.6 is 11.3 Å². The van der Waals surface area contributed by atoms with Crippen LogP contribution in [0.15, 0.2) is 23.7 Å². The molecule has 1 aromatic carbocycles. The Bertz CT molecular complexity index is 705. The predicted molar refractivity (Wildman–Crippen MR) is 97.7 cm³/mol. The molecule has 4 rings (SSSR count). The van der Waals surface area contributed by atoms with Crippen molar-refractivity contribution in [3.63, 3.8) is 0 Å². The van der Waals surface area contributed by atoms with Crippen LogP contribution in [0.2, 0.25) is 0 Å². The fourth-order valence-corrected chi connectivity index (χ4v) is 4.43. The zero-order chi connectivity index (χ0) is 17.1. The fraction of sp³-hybridized carbons (Fsp3) is 0.526. The minimum atomic E-state index is 0.398. The van der Waals surface area contributed by atoms with Gasteiger partial charge in [-0.3, -0.25) is 4.90 Å². The molecule has 0 radical (unpaired) electrons. The predicted octanol–water partition coefficient (Wildman–Crippen LogP) is 4.04. The van der Waals surface area contributed by atoms with Crippen LogP contribution < -0.4 is 14.2 Å². The van der Waals surface area contributed by atoms with Gasteiger partial charge in [-0.15, -0.1) is 11.3 Å². The lowest BCUT2D eigenvalue weighted by molar-refractivity contribution is 0.138. The smallest absolute Gasteiger partial charge is 0.164 e. The molecule has 25 heavy (non-hydrogen) atoms. The summed E-state index contributed by atoms with van der Waals surface area (Å²) in [5.41, 5.74) is 1.15. The standard InChI is InChI=1S/C19H24N2O3S/c1-22-16-12-18-17(23-8-4-9-24-18)11-14(16)13-21-7-3-2-5-15(21)19-20-6-10-25-19/h6,10-12,15H,2-5,7-9,13H2,1H3/t15-/m0/s1. The normalized spacial score (nSPS) is 20.9. The Morgan fingerprint density at radius 2 is 2.04 bits per heavy atom. The van der Waals surface area contributed by atoms with E-state index in [2.05, 4.69) is 21.3 Å². The van der Waals surface area contributed by atoms with E-state index >= 15 is 0 Å². The molecule has 0 amide bonds. The highest BCUT2D eigenvalue weighted by atomic mass is 32.1. The number of likely N-dealkylation sites (tertiary alicyclic amines) is 1. The number of benzene rings is 1. The summed E-state index contributed by atoms with van der Waals surface area (Å²) in [6.07, 6.45) is 6.47. The van der Waals surface area contributed by atoms with E-state index in [9.17, 15) is 0 Å². The first-order valence-corrected chi connectivity index (χ1v) is 9.83. The number of methoxy groups -OCH3 is 1. The molecule has 1 atom stereocenters. The Labute approximate surface area is 152 Å². The summed E-state index contributed by atoms with van der Waals surface area (Å²) in [5.74, 6) is 2.48. The van der Waals surface area contributed by atoms with Crippen LogP contribution in [0.3, 0.4) is 0 Å². The van der Waals surface area contributed by atoms with E-state index < -0.39 is 0 Å². The van der Waals surface area contributed by atoms with Gasteiger partial charge in [-0.25, -0.2) is 4.98 Å². The molecule has 6 heteroatoms. The van der Waals surface area contributed by atoms with Crippen LogP contribution in [-0.2, 0) is 6.54 Å². The molecule has 0 unspecified atom stereocenters. The van der Waals surface area contributed by atoms with E-state index in [-0.39, 0.29) is 0 Å². The number of aromatic nitrogens is 1. The van der Waals surface area contributed by atoms with Crippen LogP contribution in [0.5, 0.6) is 17.2 Å². The van der Waals surface area contributed by atoms with Gasteiger partial charge >= 0.3 is 0 Å². The van der Waals surface area contributed by atoms with Crippen molar-refractivity contribution in [2.45, 2.75) is 38.3 Å². The van der Waals surface area contributed by atoms with Crippen LogP contribution in [-0.4, -0.2) is 36.8 Å². The molecule has 3 heterocycles. The maximum absolute atomic E-state index is 5.87. The third-order valence-corrected chi connectivity index (χ3v) is 5.75. The third kappa shape index (κ3) is 3.60. The molecule has 0 aliphatic carbocycles. The Kier molecular flexibility index (Phi) is 5.08. The second kappa shape index (κ2) is 7.62. The van der Waals surface area contributed by atoms with Gasteiger partial charge in [-0.2, -0.15) is 0 Å². The maximum atomic E-state index is 5.87. The molecule has 2 aliphatic rings. The number of hydrogen-bond donors (Lipinski definition) is 0. The maximum Gasteiger partial charge on any atom is 0.164 e. The fourth-order valence-electron chi connectivity index (χ4n) is 3.62. The minimum Gasteiger partial charge on any atom is -0.496 e. The summed E-state index contributed by atoms with van der Waals surface area (Å²) < 4.78 is 17.3. The lowest BCUT2D eigenvalue weighted by atomic mass is 10.0. The van der Waals surface area contributed by atoms with Crippen LogP contribution in [0, 0.1) is 0 Å². The van der Waals surface area contributed by atoms with E-state index in [0.717, 1.165) is 42.3 Å². The first-order valence-electron chi connectivity index (χ1n) is 8.95. The quantitative estimate of drug-likeness (QED) is 0.823. The Balaban J connectivity index is 1.61. The highest BCUT2D eigenvalue weighted by Crippen LogP contribution is 2.39. The molecule has 2 aliphatic heterocycles. The third-order valence-electron chi connectivity index (χ3n) is 4.87. The number of ether oxygens (including phenoxy) is 3. The van der Waals surface area contributed by atoms with Crippen molar-refractivity contribution in [3.05, 3.63) is 34.3 Å². The second-order valence-corrected chi connectivity index (χ2v) is 7.44. The van der Waals surface area contributed by atoms with E-state index in [1.807, 2.05) is 12.3 Å². The summed E-state index contributed by atoms with van der Waals surface area (Å²) in [4.78, 5) is 7.08. The van der Waals surface area contributed by atoms with Crippen molar-refractivity contribution in [1.82, 2.24) is 9.88 Å². The van der Waals surface area contributed by atoms with E-state index in [4.69, 9.17) is 14.2 Å². The molecule has 1 aromatic heterocycles. The molecule has 2 aromatic rings. The number of thiazole rings is 1. The van der Waals surface area contributed by atoms with Gasteiger partial charge in [-0.1, -0.05) is 6.42 Å². The van der Waals surface area contributed by atoms with E-state index in [1.54, 1.807) is 18.4 Å². The highest BCUT2D eigenvalue weighted by Gasteiger charge is 2.27. The molecular formula is C19H24N2O3S. The van der Waals surface area contributed by atoms with Gasteiger partial charge in [0.15, 0.2) is 11.5 Å². The summed E-state index contributed by atoms with van der Waals surface area (Å²) in [5, 5.41) is 3.28. The first kappa shape index (κ1) is 16.7. The average Bonchev–Trinajstić information content (AvgIpc) is 3.08. The average molecular weight is 360 g/mol. The van der Waals surface area contributed by atoms with E-state index in [1.165, 1.54) is 24.3 Å². The summed E-state index contributed by atoms with van der Waals surface area (Å²) in [6.45, 7) is 3.31. The SMILES string of the molecule is COc1cc2c(cc1CN1CCCC[C@H]1c1nccs1)OCCCO2. The van der Waals surface area contributed by atoms with Gasteiger partial charge in [0.1, 0.15) is 10.8 Å². The summed E-state index contributed by atoms with van der Waals surface area (Å²) in [7, 11) is 1.72. The molecule has 134 valence electrons. The largest absolute Gasteiger partial charge is 0.496 e. The molecular weight excluding hydrogens is 336 g/mol. The van der Waals surface area contributed by atoms with Crippen molar-refractivity contribution in [1.29, 1.82) is 0 Å². The van der Waals surface area contributed by atoms with Gasteiger partial charge in [0, 0.05) is 36.2 Å². The van der Waals surface area contributed by atoms with Crippen molar-refractivity contribution in [3.8, 4) is 17.2 Å². The number of fused-ring (bicyclic) bond motifs is 1. The van der Waals surface area contributed by atoms with Gasteiger partial charge in [0.2, 0.25) is 0 Å². The molecule has 0 bridgehead atoms. The first-order chi connectivity index (χ1) is 12.3. The molecule has 1 fully saturated rings. The van der Waals surface area contributed by atoms with Crippen molar-refractivity contribution in [2.24, 2.45) is 0 Å². The zero-order valence-corrected chi connectivity index (χ0v) is 15.4. The topological polar surface area (TPSA) is 43.8 Å². The van der Waals surface area contributed by atoms with Gasteiger partial charge in [0.05, 0.1) is 26.4 Å². The Morgan fingerprint density at radius 1 is 1.20 bits per heavy atom. The van der Waals surface area contributed by atoms with Crippen LogP contribution in [0.1, 0.15) is 42.3 Å². The monoisotopic (exact) mass is 360 g/mol. The summed E-state index contributed by atoms with van der Waals surface area (Å²) in [6, 6.07) is 4.46. The number of nitrogens with zero attached hydrogens (tertiary/aromatic N) is 2. The van der Waals surface area contributed by atoms with Gasteiger partial charge in [-0.05, 0) is 25.5 Å². The lowest BCUT2D eigenvalue weighted by Crippen LogP contribution is -2.33. The molecule has 0 saturated carbocycles. The number of rotatable bonds is 4. The van der Waals surface area contributed by atoms with Crippen molar-refractivity contribution in [2.75, 3.05) is 26.9 Å². The Hall–Kier alpha value is -1.79. The Morgan fingerprint density at radius 3 is 2.80 bits per heavy atom. The van der Waals surface area contributed by atoms with Gasteiger partial charge < -0.3 is 14.2 Å².